The molecule has 0 fully saturated rings. The highest BCUT2D eigenvalue weighted by atomic mass is 32.2. The first-order valence-corrected chi connectivity index (χ1v) is 6.93. The van der Waals surface area contributed by atoms with Gasteiger partial charge < -0.3 is 5.11 Å². The molecule has 1 aliphatic rings. The second-order valence-corrected chi connectivity index (χ2v) is 6.29. The lowest BCUT2D eigenvalue weighted by Gasteiger charge is -2.14. The molecule has 1 aromatic carbocycles. The molecule has 110 valence electrons. The number of hydrogen-bond donors (Lipinski definition) is 1. The van der Waals surface area contributed by atoms with Crippen molar-refractivity contribution in [1.29, 1.82) is 0 Å². The molecule has 8 heteroatoms. The summed E-state index contributed by atoms with van der Waals surface area (Å²) in [4.78, 5) is -0.631. The predicted octanol–water partition coefficient (Wildman–Crippen LogP) is 3.07. The largest absolute Gasteiger partial charge is 0.508 e. The van der Waals surface area contributed by atoms with Crippen LogP contribution in [0.4, 0.5) is 13.2 Å². The van der Waals surface area contributed by atoms with Crippen molar-refractivity contribution in [3.8, 4) is 0 Å². The van der Waals surface area contributed by atoms with Gasteiger partial charge in [0.25, 0.3) is 0 Å². The van der Waals surface area contributed by atoms with E-state index in [4.69, 9.17) is 4.18 Å². The Kier molecular flexibility index (Phi) is 3.14. The Morgan fingerprint density at radius 3 is 2.30 bits per heavy atom. The van der Waals surface area contributed by atoms with Crippen molar-refractivity contribution in [3.63, 3.8) is 0 Å². The zero-order valence-electron chi connectivity index (χ0n) is 10.5. The fourth-order valence-corrected chi connectivity index (χ4v) is 3.47. The van der Waals surface area contributed by atoms with Gasteiger partial charge in [0.15, 0.2) is 0 Å². The van der Waals surface area contributed by atoms with Crippen LogP contribution in [-0.2, 0) is 20.5 Å². The summed E-state index contributed by atoms with van der Waals surface area (Å²) in [5, 5.41) is 9.89. The highest BCUT2D eigenvalue weighted by Gasteiger charge is 2.46. The van der Waals surface area contributed by atoms with Gasteiger partial charge in [-0.05, 0) is 31.5 Å². The summed E-state index contributed by atoms with van der Waals surface area (Å²) in [5.41, 5.74) is -2.76. The molecule has 0 spiro atoms. The normalized spacial score (nSPS) is 21.2. The predicted molar refractivity (Wildman–Crippen MR) is 65.1 cm³/mol. The lowest BCUT2D eigenvalue weighted by Crippen LogP contribution is -2.22. The maximum Gasteiger partial charge on any atom is 0.416 e. The Balaban J connectivity index is 2.66. The van der Waals surface area contributed by atoms with E-state index in [0.29, 0.717) is 6.07 Å². The summed E-state index contributed by atoms with van der Waals surface area (Å²) in [5.74, 6) is -0.614. The summed E-state index contributed by atoms with van der Waals surface area (Å²) in [6, 6.07) is 3.71. The Hall–Kier alpha value is -1.54. The molecule has 0 aromatic heterocycles. The van der Waals surface area contributed by atoms with E-state index in [1.165, 1.54) is 19.9 Å². The molecule has 4 nitrogen and oxygen atoms in total. The van der Waals surface area contributed by atoms with E-state index in [1.807, 2.05) is 0 Å². The molecule has 20 heavy (non-hydrogen) atoms. The van der Waals surface area contributed by atoms with Crippen molar-refractivity contribution in [2.24, 2.45) is 0 Å². The lowest BCUT2D eigenvalue weighted by atomic mass is 10.0. The molecule has 1 aliphatic heterocycles. The van der Waals surface area contributed by atoms with Crippen LogP contribution in [-0.4, -0.2) is 19.1 Å². The molecule has 1 N–H and O–H groups in total. The number of rotatable bonds is 1. The van der Waals surface area contributed by atoms with Crippen molar-refractivity contribution in [1.82, 2.24) is 0 Å². The number of hydrogen-bond acceptors (Lipinski definition) is 4. The molecule has 0 saturated heterocycles. The van der Waals surface area contributed by atoms with Crippen LogP contribution in [0.15, 0.2) is 30.0 Å². The fourth-order valence-electron chi connectivity index (χ4n) is 1.87. The zero-order chi connectivity index (χ0) is 15.3. The van der Waals surface area contributed by atoms with Gasteiger partial charge in [-0.3, -0.25) is 4.18 Å². The first-order chi connectivity index (χ1) is 8.95. The highest BCUT2D eigenvalue weighted by Crippen LogP contribution is 2.42. The van der Waals surface area contributed by atoms with E-state index in [0.717, 1.165) is 12.1 Å². The quantitative estimate of drug-likeness (QED) is 0.810. The Labute approximate surface area is 113 Å². The molecular formula is C12H11F3O4S. The Morgan fingerprint density at radius 2 is 1.85 bits per heavy atom. The number of alkyl halides is 3. The third kappa shape index (κ3) is 2.40. The summed E-state index contributed by atoms with van der Waals surface area (Å²) in [6.45, 7) is 2.61. The van der Waals surface area contributed by atoms with Crippen LogP contribution in [0, 0.1) is 0 Å². The minimum absolute atomic E-state index is 0.261. The van der Waals surface area contributed by atoms with Crippen LogP contribution in [0.3, 0.4) is 0 Å². The van der Waals surface area contributed by atoms with Gasteiger partial charge in [-0.25, -0.2) is 0 Å². The van der Waals surface area contributed by atoms with Crippen molar-refractivity contribution in [2.75, 3.05) is 0 Å². The number of aliphatic hydroxyl groups is 1. The van der Waals surface area contributed by atoms with E-state index >= 15 is 0 Å². The number of halogens is 3. The van der Waals surface area contributed by atoms with Gasteiger partial charge in [0.2, 0.25) is 0 Å². The molecule has 0 aliphatic carbocycles. The van der Waals surface area contributed by atoms with Crippen LogP contribution in [0.25, 0.3) is 4.91 Å². The number of benzene rings is 1. The lowest BCUT2D eigenvalue weighted by molar-refractivity contribution is -0.137. The average Bonchev–Trinajstić information content (AvgIpc) is 2.42. The standard InChI is InChI=1S/C12H11F3O4S/c1-11(2)10(16)9(20(17,18)19-11)7-4-3-5-8(6-7)12(13,14)15/h3-6,16H,1-2H3. The molecule has 1 heterocycles. The summed E-state index contributed by atoms with van der Waals surface area (Å²) in [7, 11) is -4.30. The molecule has 1 aromatic rings. The second-order valence-electron chi connectivity index (χ2n) is 4.80. The van der Waals surface area contributed by atoms with Crippen molar-refractivity contribution >= 4 is 15.0 Å². The van der Waals surface area contributed by atoms with Gasteiger partial charge in [0.1, 0.15) is 16.3 Å². The SMILES string of the molecule is CC1(C)OS(=O)(=O)C(c2cccc(C(F)(F)F)c2)=C1O. The van der Waals surface area contributed by atoms with Crippen LogP contribution in [0.5, 0.6) is 0 Å². The third-order valence-electron chi connectivity index (χ3n) is 2.81. The van der Waals surface area contributed by atoms with Gasteiger partial charge in [-0.2, -0.15) is 21.6 Å². The molecule has 0 radical (unpaired) electrons. The van der Waals surface area contributed by atoms with Gasteiger partial charge in [0, 0.05) is 0 Å². The van der Waals surface area contributed by atoms with Crippen LogP contribution in [0.2, 0.25) is 0 Å². The first-order valence-electron chi connectivity index (χ1n) is 5.52. The van der Waals surface area contributed by atoms with Crippen molar-refractivity contribution in [3.05, 3.63) is 41.2 Å². The smallest absolute Gasteiger partial charge is 0.416 e. The maximum absolute atomic E-state index is 12.6. The topological polar surface area (TPSA) is 63.6 Å². The highest BCUT2D eigenvalue weighted by molar-refractivity contribution is 7.96. The van der Waals surface area contributed by atoms with E-state index in [9.17, 15) is 26.7 Å². The van der Waals surface area contributed by atoms with Crippen LogP contribution >= 0.6 is 0 Å². The van der Waals surface area contributed by atoms with E-state index in [2.05, 4.69) is 0 Å². The summed E-state index contributed by atoms with van der Waals surface area (Å²) >= 11 is 0. The second kappa shape index (κ2) is 4.23. The number of aliphatic hydroxyl groups excluding tert-OH is 1. The van der Waals surface area contributed by atoms with E-state index in [1.54, 1.807) is 0 Å². The maximum atomic E-state index is 12.6. The van der Waals surface area contributed by atoms with Gasteiger partial charge in [0.05, 0.1) is 5.56 Å². The minimum atomic E-state index is -4.61. The minimum Gasteiger partial charge on any atom is -0.508 e. The molecule has 2 rings (SSSR count). The molecule has 0 unspecified atom stereocenters. The monoisotopic (exact) mass is 308 g/mol. The molecule has 0 bridgehead atoms. The average molecular weight is 308 g/mol. The van der Waals surface area contributed by atoms with E-state index < -0.39 is 38.1 Å². The zero-order valence-corrected chi connectivity index (χ0v) is 11.3. The van der Waals surface area contributed by atoms with Crippen LogP contribution < -0.4 is 0 Å². The van der Waals surface area contributed by atoms with E-state index in [-0.39, 0.29) is 5.56 Å². The Morgan fingerprint density at radius 1 is 1.25 bits per heavy atom. The molecular weight excluding hydrogens is 297 g/mol. The van der Waals surface area contributed by atoms with Gasteiger partial charge in [-0.1, -0.05) is 12.1 Å². The summed E-state index contributed by atoms with van der Waals surface area (Å²) in [6.07, 6.45) is -4.61. The van der Waals surface area contributed by atoms with Crippen LogP contribution in [0.1, 0.15) is 25.0 Å². The molecule has 0 saturated carbocycles. The van der Waals surface area contributed by atoms with Crippen molar-refractivity contribution < 1.29 is 30.9 Å². The molecule has 0 amide bonds. The summed E-state index contributed by atoms with van der Waals surface area (Å²) < 4.78 is 66.3. The van der Waals surface area contributed by atoms with Crippen molar-refractivity contribution in [2.45, 2.75) is 25.6 Å². The third-order valence-corrected chi connectivity index (χ3v) is 4.37. The first kappa shape index (κ1) is 14.9. The Bertz CT molecular complexity index is 687. The van der Waals surface area contributed by atoms with Gasteiger partial charge in [-0.15, -0.1) is 0 Å². The van der Waals surface area contributed by atoms with Gasteiger partial charge >= 0.3 is 16.3 Å². The molecule has 0 atom stereocenters. The fraction of sp³-hybridized carbons (Fsp3) is 0.333.